The SMILES string of the molecule is Cn1ccnc1SCC(=O)c1cc2c(ccc3ccccc32)oc1=O. The second-order valence-corrected chi connectivity index (χ2v) is 6.62. The van der Waals surface area contributed by atoms with E-state index in [-0.39, 0.29) is 17.1 Å². The summed E-state index contributed by atoms with van der Waals surface area (Å²) in [6.45, 7) is 0. The summed E-state index contributed by atoms with van der Waals surface area (Å²) in [5.41, 5.74) is -0.0456. The molecule has 0 radical (unpaired) electrons. The Kier molecular flexibility index (Phi) is 3.89. The second-order valence-electron chi connectivity index (χ2n) is 5.68. The lowest BCUT2D eigenvalue weighted by molar-refractivity contribution is 0.101. The summed E-state index contributed by atoms with van der Waals surface area (Å²) in [7, 11) is 1.86. The molecular weight excluding hydrogens is 336 g/mol. The van der Waals surface area contributed by atoms with Crippen molar-refractivity contribution < 1.29 is 9.21 Å². The summed E-state index contributed by atoms with van der Waals surface area (Å²) in [5, 5.41) is 3.48. The third-order valence-corrected chi connectivity index (χ3v) is 5.11. The Labute approximate surface area is 147 Å². The number of aryl methyl sites for hydroxylation is 1. The first-order valence-corrected chi connectivity index (χ1v) is 8.71. The van der Waals surface area contributed by atoms with Gasteiger partial charge in [0.2, 0.25) is 0 Å². The van der Waals surface area contributed by atoms with E-state index in [1.54, 1.807) is 18.3 Å². The van der Waals surface area contributed by atoms with E-state index in [0.717, 1.165) is 21.3 Å². The van der Waals surface area contributed by atoms with Crippen molar-refractivity contribution in [3.63, 3.8) is 0 Å². The average Bonchev–Trinajstić information content (AvgIpc) is 3.04. The zero-order valence-corrected chi connectivity index (χ0v) is 14.2. The maximum Gasteiger partial charge on any atom is 0.347 e. The third kappa shape index (κ3) is 2.85. The van der Waals surface area contributed by atoms with Crippen molar-refractivity contribution >= 4 is 39.3 Å². The number of nitrogens with zero attached hydrogens (tertiary/aromatic N) is 2. The highest BCUT2D eigenvalue weighted by Gasteiger charge is 2.16. The van der Waals surface area contributed by atoms with Crippen LogP contribution in [0, 0.1) is 0 Å². The molecule has 0 unspecified atom stereocenters. The van der Waals surface area contributed by atoms with Crippen molar-refractivity contribution in [2.75, 3.05) is 5.75 Å². The number of Topliss-reactive ketones (excluding diaryl/α,β-unsaturated/α-hetero) is 1. The van der Waals surface area contributed by atoms with Gasteiger partial charge in [-0.1, -0.05) is 42.1 Å². The summed E-state index contributed by atoms with van der Waals surface area (Å²) >= 11 is 1.30. The molecule has 6 heteroatoms. The van der Waals surface area contributed by atoms with Crippen molar-refractivity contribution in [3.8, 4) is 0 Å². The van der Waals surface area contributed by atoms with E-state index in [4.69, 9.17) is 4.42 Å². The first-order chi connectivity index (χ1) is 12.1. The molecule has 0 atom stereocenters. The van der Waals surface area contributed by atoms with Crippen LogP contribution in [-0.4, -0.2) is 21.1 Å². The molecule has 25 heavy (non-hydrogen) atoms. The molecule has 0 saturated carbocycles. The lowest BCUT2D eigenvalue weighted by Gasteiger charge is -2.05. The largest absolute Gasteiger partial charge is 0.422 e. The van der Waals surface area contributed by atoms with Gasteiger partial charge in [-0.15, -0.1) is 0 Å². The van der Waals surface area contributed by atoms with E-state index < -0.39 is 5.63 Å². The molecular formula is C19H14N2O3S. The van der Waals surface area contributed by atoms with Gasteiger partial charge in [-0.25, -0.2) is 9.78 Å². The molecule has 4 aromatic rings. The topological polar surface area (TPSA) is 65.1 Å². The predicted molar refractivity (Wildman–Crippen MR) is 98.3 cm³/mol. The van der Waals surface area contributed by atoms with Crippen LogP contribution in [0.2, 0.25) is 0 Å². The standard InChI is InChI=1S/C19H14N2O3S/c1-21-9-8-20-19(21)25-11-16(22)15-10-14-13-5-3-2-4-12(13)6-7-17(14)24-18(15)23/h2-10H,11H2,1H3. The van der Waals surface area contributed by atoms with Crippen LogP contribution in [0.5, 0.6) is 0 Å². The van der Waals surface area contributed by atoms with E-state index >= 15 is 0 Å². The molecule has 2 heterocycles. The summed E-state index contributed by atoms with van der Waals surface area (Å²) in [4.78, 5) is 28.9. The van der Waals surface area contributed by atoms with Gasteiger partial charge in [-0.05, 0) is 22.9 Å². The van der Waals surface area contributed by atoms with Crippen LogP contribution in [0.1, 0.15) is 10.4 Å². The first-order valence-electron chi connectivity index (χ1n) is 7.72. The number of thioether (sulfide) groups is 1. The fraction of sp³-hybridized carbons (Fsp3) is 0.105. The van der Waals surface area contributed by atoms with Crippen LogP contribution >= 0.6 is 11.8 Å². The molecule has 0 aliphatic carbocycles. The number of carbonyl (C=O) groups excluding carboxylic acids is 1. The lowest BCUT2D eigenvalue weighted by atomic mass is 10.0. The number of ketones is 1. The molecule has 0 N–H and O–H groups in total. The highest BCUT2D eigenvalue weighted by Crippen LogP contribution is 2.25. The van der Waals surface area contributed by atoms with Gasteiger partial charge in [-0.2, -0.15) is 0 Å². The Balaban J connectivity index is 1.74. The summed E-state index contributed by atoms with van der Waals surface area (Å²) in [6.07, 6.45) is 3.48. The summed E-state index contributed by atoms with van der Waals surface area (Å²) in [5.74, 6) is -0.136. The first kappa shape index (κ1) is 15.7. The number of aromatic nitrogens is 2. The molecule has 0 aliphatic rings. The van der Waals surface area contributed by atoms with Crippen LogP contribution in [0.25, 0.3) is 21.7 Å². The molecule has 0 saturated heterocycles. The fourth-order valence-electron chi connectivity index (χ4n) is 2.76. The zero-order chi connectivity index (χ0) is 17.4. The second kappa shape index (κ2) is 6.22. The average molecular weight is 350 g/mol. The molecule has 0 spiro atoms. The molecule has 0 amide bonds. The Morgan fingerprint density at radius 2 is 2.04 bits per heavy atom. The minimum absolute atomic E-state index is 0.0746. The number of rotatable bonds is 4. The van der Waals surface area contributed by atoms with Crippen LogP contribution in [-0.2, 0) is 7.05 Å². The lowest BCUT2D eigenvalue weighted by Crippen LogP contribution is -2.15. The Bertz CT molecular complexity index is 1160. The molecule has 2 aromatic heterocycles. The number of fused-ring (bicyclic) bond motifs is 3. The predicted octanol–water partition coefficient (Wildman–Crippen LogP) is 3.65. The smallest absolute Gasteiger partial charge is 0.347 e. The normalized spacial score (nSPS) is 11.2. The van der Waals surface area contributed by atoms with Crippen molar-refractivity contribution in [2.24, 2.45) is 7.05 Å². The number of hydrogen-bond donors (Lipinski definition) is 0. The number of imidazole rings is 1. The number of benzene rings is 2. The maximum atomic E-state index is 12.5. The van der Waals surface area contributed by atoms with Crippen LogP contribution in [0.4, 0.5) is 0 Å². The third-order valence-electron chi connectivity index (χ3n) is 4.05. The van der Waals surface area contributed by atoms with Crippen LogP contribution in [0.3, 0.4) is 0 Å². The maximum absolute atomic E-state index is 12.5. The van der Waals surface area contributed by atoms with Gasteiger partial charge in [-0.3, -0.25) is 4.79 Å². The number of carbonyl (C=O) groups is 1. The Hall–Kier alpha value is -2.86. The number of hydrogen-bond acceptors (Lipinski definition) is 5. The van der Waals surface area contributed by atoms with Gasteiger partial charge in [0.05, 0.1) is 5.75 Å². The van der Waals surface area contributed by atoms with Crippen LogP contribution < -0.4 is 5.63 Å². The molecule has 5 nitrogen and oxygen atoms in total. The molecule has 4 rings (SSSR count). The summed E-state index contributed by atoms with van der Waals surface area (Å²) in [6, 6.07) is 13.1. The zero-order valence-electron chi connectivity index (χ0n) is 13.4. The molecule has 124 valence electrons. The van der Waals surface area contributed by atoms with E-state index in [9.17, 15) is 9.59 Å². The van der Waals surface area contributed by atoms with Crippen LogP contribution in [0.15, 0.2) is 69.2 Å². The fourth-order valence-corrected chi connectivity index (χ4v) is 3.58. The van der Waals surface area contributed by atoms with Crippen molar-refractivity contribution in [2.45, 2.75) is 5.16 Å². The van der Waals surface area contributed by atoms with Crippen molar-refractivity contribution in [3.05, 3.63) is 70.8 Å². The molecule has 0 fully saturated rings. The quantitative estimate of drug-likeness (QED) is 0.243. The van der Waals surface area contributed by atoms with Gasteiger partial charge < -0.3 is 8.98 Å². The minimum Gasteiger partial charge on any atom is -0.422 e. The highest BCUT2D eigenvalue weighted by molar-refractivity contribution is 7.99. The Morgan fingerprint density at radius 3 is 2.84 bits per heavy atom. The van der Waals surface area contributed by atoms with E-state index in [2.05, 4.69) is 4.98 Å². The molecule has 2 aromatic carbocycles. The van der Waals surface area contributed by atoms with Crippen molar-refractivity contribution in [1.29, 1.82) is 0 Å². The molecule has 0 bridgehead atoms. The molecule has 0 aliphatic heterocycles. The Morgan fingerprint density at radius 1 is 1.20 bits per heavy atom. The van der Waals surface area contributed by atoms with E-state index in [1.807, 2.05) is 48.1 Å². The highest BCUT2D eigenvalue weighted by atomic mass is 32.2. The van der Waals surface area contributed by atoms with Gasteiger partial charge in [0, 0.05) is 24.8 Å². The van der Waals surface area contributed by atoms with Gasteiger partial charge in [0.25, 0.3) is 0 Å². The summed E-state index contributed by atoms with van der Waals surface area (Å²) < 4.78 is 7.20. The van der Waals surface area contributed by atoms with Gasteiger partial charge in [0.1, 0.15) is 11.1 Å². The van der Waals surface area contributed by atoms with Gasteiger partial charge >= 0.3 is 5.63 Å². The monoisotopic (exact) mass is 350 g/mol. The van der Waals surface area contributed by atoms with E-state index in [0.29, 0.717) is 5.58 Å². The van der Waals surface area contributed by atoms with Crippen molar-refractivity contribution in [1.82, 2.24) is 9.55 Å². The minimum atomic E-state index is -0.603. The van der Waals surface area contributed by atoms with E-state index in [1.165, 1.54) is 11.8 Å². The van der Waals surface area contributed by atoms with Gasteiger partial charge in [0.15, 0.2) is 10.9 Å².